The number of hydrogen-bond acceptors (Lipinski definition) is 6. The van der Waals surface area contributed by atoms with E-state index in [1.54, 1.807) is 17.0 Å². The number of amides is 1. The Balaban J connectivity index is 2.06. The van der Waals surface area contributed by atoms with E-state index in [4.69, 9.17) is 4.74 Å². The highest BCUT2D eigenvalue weighted by Gasteiger charge is 2.45. The van der Waals surface area contributed by atoms with E-state index in [-0.39, 0.29) is 11.3 Å². The van der Waals surface area contributed by atoms with Crippen LogP contribution in [0.15, 0.2) is 54.4 Å². The Labute approximate surface area is 183 Å². The molecule has 3 rings (SSSR count). The van der Waals surface area contributed by atoms with Crippen LogP contribution < -0.4 is 4.74 Å². The molecule has 1 saturated heterocycles. The number of aliphatic hydroxyl groups excluding tert-OH is 1. The van der Waals surface area contributed by atoms with Gasteiger partial charge in [0, 0.05) is 24.5 Å². The molecular weight excluding hydrogens is 394 g/mol. The Morgan fingerprint density at radius 2 is 1.94 bits per heavy atom. The number of carbonyl (C=O) groups is 2. The Morgan fingerprint density at radius 1 is 1.19 bits per heavy atom. The van der Waals surface area contributed by atoms with E-state index in [2.05, 4.69) is 4.98 Å². The van der Waals surface area contributed by atoms with Crippen LogP contribution >= 0.6 is 0 Å². The number of hydrogen-bond donors (Lipinski definition) is 1. The zero-order valence-electron chi connectivity index (χ0n) is 18.2. The van der Waals surface area contributed by atoms with Crippen molar-refractivity contribution in [2.24, 2.45) is 0 Å². The van der Waals surface area contributed by atoms with Gasteiger partial charge in [0.2, 0.25) is 0 Å². The highest BCUT2D eigenvalue weighted by atomic mass is 16.5. The first-order valence-corrected chi connectivity index (χ1v) is 10.5. The molecule has 1 aromatic heterocycles. The summed E-state index contributed by atoms with van der Waals surface area (Å²) in [5.74, 6) is -0.800. The second-order valence-corrected chi connectivity index (χ2v) is 7.81. The number of Topliss-reactive ketones (excluding diaryl/α,β-unsaturated/α-hetero) is 1. The molecule has 1 amide bonds. The van der Waals surface area contributed by atoms with Gasteiger partial charge in [0.05, 0.1) is 18.2 Å². The summed E-state index contributed by atoms with van der Waals surface area (Å²) in [6.07, 6.45) is 4.65. The lowest BCUT2D eigenvalue weighted by Crippen LogP contribution is -2.32. The Bertz CT molecular complexity index is 956. The number of aliphatic hydroxyl groups is 1. The first kappa shape index (κ1) is 22.5. The van der Waals surface area contributed by atoms with E-state index in [1.165, 1.54) is 12.4 Å². The van der Waals surface area contributed by atoms with Crippen LogP contribution in [0.1, 0.15) is 36.9 Å². The monoisotopic (exact) mass is 423 g/mol. The summed E-state index contributed by atoms with van der Waals surface area (Å²) in [5.41, 5.74) is 1.27. The SMILES string of the molecule is CCCOc1cccc([C@@H]2/C(=C(\O)c3ccncc3)C(=O)C(=O)N2CCCN(C)C)c1. The van der Waals surface area contributed by atoms with Crippen LogP contribution in [-0.2, 0) is 9.59 Å². The molecule has 7 heteroatoms. The summed E-state index contributed by atoms with van der Waals surface area (Å²) < 4.78 is 5.76. The lowest BCUT2D eigenvalue weighted by molar-refractivity contribution is -0.139. The lowest BCUT2D eigenvalue weighted by Gasteiger charge is -2.26. The maximum Gasteiger partial charge on any atom is 0.295 e. The van der Waals surface area contributed by atoms with Gasteiger partial charge in [0.1, 0.15) is 11.5 Å². The fourth-order valence-corrected chi connectivity index (χ4v) is 3.67. The molecule has 1 N–H and O–H groups in total. The molecule has 0 radical (unpaired) electrons. The van der Waals surface area contributed by atoms with Crippen LogP contribution in [0.3, 0.4) is 0 Å². The molecule has 0 aliphatic carbocycles. The number of nitrogens with zero attached hydrogens (tertiary/aromatic N) is 3. The van der Waals surface area contributed by atoms with E-state index in [9.17, 15) is 14.7 Å². The molecule has 1 aliphatic heterocycles. The molecule has 7 nitrogen and oxygen atoms in total. The van der Waals surface area contributed by atoms with Crippen LogP contribution in [0.2, 0.25) is 0 Å². The molecule has 0 spiro atoms. The lowest BCUT2D eigenvalue weighted by atomic mass is 9.95. The van der Waals surface area contributed by atoms with Gasteiger partial charge in [-0.15, -0.1) is 0 Å². The van der Waals surface area contributed by atoms with Gasteiger partial charge in [-0.3, -0.25) is 14.6 Å². The van der Waals surface area contributed by atoms with Crippen molar-refractivity contribution in [3.05, 3.63) is 65.5 Å². The Kier molecular flexibility index (Phi) is 7.41. The molecule has 1 aliphatic rings. The fraction of sp³-hybridized carbons (Fsp3) is 0.375. The third kappa shape index (κ3) is 5.11. The molecule has 0 bridgehead atoms. The number of pyridine rings is 1. The van der Waals surface area contributed by atoms with Gasteiger partial charge in [0.25, 0.3) is 11.7 Å². The zero-order chi connectivity index (χ0) is 22.4. The van der Waals surface area contributed by atoms with Crippen LogP contribution in [0.4, 0.5) is 0 Å². The van der Waals surface area contributed by atoms with Crippen molar-refractivity contribution >= 4 is 17.4 Å². The van der Waals surface area contributed by atoms with E-state index in [1.807, 2.05) is 50.2 Å². The van der Waals surface area contributed by atoms with Crippen LogP contribution in [0.5, 0.6) is 5.75 Å². The number of aromatic nitrogens is 1. The summed E-state index contributed by atoms with van der Waals surface area (Å²) in [6, 6.07) is 9.94. The molecule has 0 saturated carbocycles. The highest BCUT2D eigenvalue weighted by Crippen LogP contribution is 2.40. The predicted molar refractivity (Wildman–Crippen MR) is 119 cm³/mol. The molecule has 164 valence electrons. The first-order chi connectivity index (χ1) is 14.9. The second-order valence-electron chi connectivity index (χ2n) is 7.81. The van der Waals surface area contributed by atoms with Crippen molar-refractivity contribution in [1.82, 2.24) is 14.8 Å². The summed E-state index contributed by atoms with van der Waals surface area (Å²) in [6.45, 7) is 3.78. The first-order valence-electron chi connectivity index (χ1n) is 10.5. The molecule has 1 atom stereocenters. The van der Waals surface area contributed by atoms with Crippen LogP contribution in [0.25, 0.3) is 5.76 Å². The molecule has 31 heavy (non-hydrogen) atoms. The van der Waals surface area contributed by atoms with Gasteiger partial charge in [-0.25, -0.2) is 0 Å². The third-order valence-corrected chi connectivity index (χ3v) is 5.14. The van der Waals surface area contributed by atoms with Crippen LogP contribution in [-0.4, -0.2) is 65.4 Å². The third-order valence-electron chi connectivity index (χ3n) is 5.14. The summed E-state index contributed by atoms with van der Waals surface area (Å²) in [7, 11) is 3.92. The van der Waals surface area contributed by atoms with E-state index < -0.39 is 17.7 Å². The van der Waals surface area contributed by atoms with Gasteiger partial charge in [0.15, 0.2) is 0 Å². The molecule has 2 aromatic rings. The number of carbonyl (C=O) groups excluding carboxylic acids is 2. The fourth-order valence-electron chi connectivity index (χ4n) is 3.67. The molecular formula is C24H29N3O4. The smallest absolute Gasteiger partial charge is 0.295 e. The number of ether oxygens (including phenoxy) is 1. The van der Waals surface area contributed by atoms with E-state index in [0.29, 0.717) is 30.9 Å². The van der Waals surface area contributed by atoms with Crippen molar-refractivity contribution in [2.75, 3.05) is 33.8 Å². The number of likely N-dealkylation sites (tertiary alicyclic amines) is 1. The topological polar surface area (TPSA) is 83.0 Å². The van der Waals surface area contributed by atoms with Crippen molar-refractivity contribution < 1.29 is 19.4 Å². The standard InChI is InChI=1S/C24H29N3O4/c1-4-15-31-19-8-5-7-18(16-19)21-20(22(28)17-9-11-25-12-10-17)23(29)24(30)27(21)14-6-13-26(2)3/h5,7-12,16,21,28H,4,6,13-15H2,1-3H3/b22-20+/t21-/m1/s1. The highest BCUT2D eigenvalue weighted by molar-refractivity contribution is 6.46. The summed E-state index contributed by atoms with van der Waals surface area (Å²) in [5, 5.41) is 11.0. The molecule has 1 fully saturated rings. The Morgan fingerprint density at radius 3 is 2.61 bits per heavy atom. The van der Waals surface area contributed by atoms with Gasteiger partial charge >= 0.3 is 0 Å². The normalized spacial score (nSPS) is 18.1. The number of benzene rings is 1. The van der Waals surface area contributed by atoms with Crippen molar-refractivity contribution in [3.8, 4) is 5.75 Å². The van der Waals surface area contributed by atoms with E-state index >= 15 is 0 Å². The summed E-state index contributed by atoms with van der Waals surface area (Å²) >= 11 is 0. The van der Waals surface area contributed by atoms with Crippen LogP contribution in [0, 0.1) is 0 Å². The summed E-state index contributed by atoms with van der Waals surface area (Å²) in [4.78, 5) is 33.5. The van der Waals surface area contributed by atoms with Crippen molar-refractivity contribution in [1.29, 1.82) is 0 Å². The van der Waals surface area contributed by atoms with E-state index in [0.717, 1.165) is 18.5 Å². The average molecular weight is 424 g/mol. The minimum atomic E-state index is -0.680. The maximum atomic E-state index is 13.0. The maximum absolute atomic E-state index is 13.0. The minimum Gasteiger partial charge on any atom is -0.507 e. The van der Waals surface area contributed by atoms with Gasteiger partial charge in [-0.1, -0.05) is 19.1 Å². The van der Waals surface area contributed by atoms with Crippen molar-refractivity contribution in [3.63, 3.8) is 0 Å². The molecule has 1 aromatic carbocycles. The number of ketones is 1. The van der Waals surface area contributed by atoms with Gasteiger partial charge in [-0.2, -0.15) is 0 Å². The second kappa shape index (κ2) is 10.2. The predicted octanol–water partition coefficient (Wildman–Crippen LogP) is 3.24. The number of rotatable bonds is 9. The minimum absolute atomic E-state index is 0.0914. The zero-order valence-corrected chi connectivity index (χ0v) is 18.2. The quantitative estimate of drug-likeness (QED) is 0.379. The van der Waals surface area contributed by atoms with Gasteiger partial charge < -0.3 is 19.6 Å². The molecule has 0 unspecified atom stereocenters. The van der Waals surface area contributed by atoms with Gasteiger partial charge in [-0.05, 0) is 63.3 Å². The Hall–Kier alpha value is -3.19. The van der Waals surface area contributed by atoms with Crippen molar-refractivity contribution in [2.45, 2.75) is 25.8 Å². The molecule has 2 heterocycles. The average Bonchev–Trinajstić information content (AvgIpc) is 3.03. The largest absolute Gasteiger partial charge is 0.507 e.